The highest BCUT2D eigenvalue weighted by Gasteiger charge is 2.06. The number of nitrogens with zero attached hydrogens (tertiary/aromatic N) is 1. The summed E-state index contributed by atoms with van der Waals surface area (Å²) in [6, 6.07) is 7.78. The summed E-state index contributed by atoms with van der Waals surface area (Å²) in [6.45, 7) is 10.3. The molecule has 0 saturated heterocycles. The molecule has 1 heterocycles. The third-order valence-corrected chi connectivity index (χ3v) is 2.20. The lowest BCUT2D eigenvalue weighted by atomic mass is 10.1. The van der Waals surface area contributed by atoms with Crippen LogP contribution in [-0.4, -0.2) is 0 Å². The molecule has 0 aliphatic rings. The summed E-state index contributed by atoms with van der Waals surface area (Å²) in [5, 5.41) is 9.74. The average Bonchev–Trinajstić information content (AvgIpc) is 2.90. The van der Waals surface area contributed by atoms with Gasteiger partial charge in [0.2, 0.25) is 0 Å². The highest BCUT2D eigenvalue weighted by Crippen LogP contribution is 2.23. The normalized spacial score (nSPS) is 8.67. The standard InChI is InChI=1S/C11H9NO.C3H8.C2H6/c1-2-8-3-4-9(7-12)10-5-6-13-11(8)10;1-3-2;1-2/h3-6H,2H2,1H3;3H2,1-2H3;1-2H3. The third-order valence-electron chi connectivity index (χ3n) is 2.20. The van der Waals surface area contributed by atoms with E-state index in [0.29, 0.717) is 5.56 Å². The molecule has 2 nitrogen and oxygen atoms in total. The third kappa shape index (κ3) is 3.92. The van der Waals surface area contributed by atoms with E-state index in [-0.39, 0.29) is 0 Å². The minimum atomic E-state index is 0.681. The molecule has 0 unspecified atom stereocenters. The van der Waals surface area contributed by atoms with Crippen molar-refractivity contribution in [3.8, 4) is 6.07 Å². The lowest BCUT2D eigenvalue weighted by Crippen LogP contribution is -1.83. The Labute approximate surface area is 110 Å². The minimum absolute atomic E-state index is 0.681. The summed E-state index contributed by atoms with van der Waals surface area (Å²) in [4.78, 5) is 0. The van der Waals surface area contributed by atoms with Crippen molar-refractivity contribution in [1.29, 1.82) is 5.26 Å². The monoisotopic (exact) mass is 245 g/mol. The number of furan rings is 1. The Kier molecular flexibility index (Phi) is 8.39. The largest absolute Gasteiger partial charge is 0.464 e. The summed E-state index contributed by atoms with van der Waals surface area (Å²) in [5.74, 6) is 0. The molecule has 2 aromatic rings. The number of hydrogen-bond acceptors (Lipinski definition) is 2. The van der Waals surface area contributed by atoms with Crippen molar-refractivity contribution in [3.05, 3.63) is 35.6 Å². The molecule has 0 spiro atoms. The van der Waals surface area contributed by atoms with Crippen LogP contribution >= 0.6 is 0 Å². The summed E-state index contributed by atoms with van der Waals surface area (Å²) >= 11 is 0. The molecule has 0 amide bonds. The van der Waals surface area contributed by atoms with Crippen LogP contribution in [0.3, 0.4) is 0 Å². The Morgan fingerprint density at radius 1 is 1.11 bits per heavy atom. The summed E-state index contributed by atoms with van der Waals surface area (Å²) in [6.07, 6.45) is 3.81. The molecule has 0 radical (unpaired) electrons. The van der Waals surface area contributed by atoms with Gasteiger partial charge < -0.3 is 4.42 Å². The Hall–Kier alpha value is -1.75. The van der Waals surface area contributed by atoms with Crippen LogP contribution in [0, 0.1) is 11.3 Å². The van der Waals surface area contributed by atoms with Gasteiger partial charge >= 0.3 is 0 Å². The van der Waals surface area contributed by atoms with Gasteiger partial charge in [0, 0.05) is 5.39 Å². The van der Waals surface area contributed by atoms with Gasteiger partial charge in [-0.3, -0.25) is 0 Å². The Morgan fingerprint density at radius 2 is 1.72 bits per heavy atom. The van der Waals surface area contributed by atoms with Gasteiger partial charge in [0.25, 0.3) is 0 Å². The SMILES string of the molecule is CC.CCC.CCc1ccc(C#N)c2ccoc12. The van der Waals surface area contributed by atoms with Gasteiger partial charge in [-0.1, -0.05) is 47.1 Å². The van der Waals surface area contributed by atoms with Crippen LogP contribution in [0.25, 0.3) is 11.0 Å². The predicted octanol–water partition coefficient (Wildman–Crippen LogP) is 5.31. The lowest BCUT2D eigenvalue weighted by Gasteiger charge is -1.98. The van der Waals surface area contributed by atoms with Gasteiger partial charge in [0.1, 0.15) is 5.58 Å². The Morgan fingerprint density at radius 3 is 2.22 bits per heavy atom. The maximum atomic E-state index is 8.83. The first-order valence-corrected chi connectivity index (χ1v) is 6.67. The molecule has 0 atom stereocenters. The summed E-state index contributed by atoms with van der Waals surface area (Å²) in [5.41, 5.74) is 2.68. The van der Waals surface area contributed by atoms with Crippen LogP contribution in [-0.2, 0) is 6.42 Å². The van der Waals surface area contributed by atoms with E-state index in [2.05, 4.69) is 26.8 Å². The molecule has 0 fully saturated rings. The van der Waals surface area contributed by atoms with E-state index >= 15 is 0 Å². The fourth-order valence-corrected chi connectivity index (χ4v) is 1.50. The lowest BCUT2D eigenvalue weighted by molar-refractivity contribution is 0.611. The summed E-state index contributed by atoms with van der Waals surface area (Å²) < 4.78 is 5.33. The maximum absolute atomic E-state index is 8.83. The van der Waals surface area contributed by atoms with E-state index in [9.17, 15) is 0 Å². The van der Waals surface area contributed by atoms with Crippen molar-refractivity contribution in [2.45, 2.75) is 47.5 Å². The first kappa shape index (κ1) is 16.2. The van der Waals surface area contributed by atoms with E-state index in [1.165, 1.54) is 6.42 Å². The molecule has 18 heavy (non-hydrogen) atoms. The van der Waals surface area contributed by atoms with E-state index in [1.54, 1.807) is 6.26 Å². The number of benzene rings is 1. The van der Waals surface area contributed by atoms with Crippen molar-refractivity contribution in [3.63, 3.8) is 0 Å². The molecule has 0 aliphatic carbocycles. The highest BCUT2D eigenvalue weighted by molar-refractivity contribution is 5.86. The van der Waals surface area contributed by atoms with Crippen molar-refractivity contribution in [2.24, 2.45) is 0 Å². The molecule has 2 heteroatoms. The molecule has 0 N–H and O–H groups in total. The number of fused-ring (bicyclic) bond motifs is 1. The molecule has 0 saturated carbocycles. The first-order valence-electron chi connectivity index (χ1n) is 6.67. The van der Waals surface area contributed by atoms with Crippen LogP contribution in [0.5, 0.6) is 0 Å². The van der Waals surface area contributed by atoms with Crippen LogP contribution in [0.4, 0.5) is 0 Å². The topological polar surface area (TPSA) is 36.9 Å². The van der Waals surface area contributed by atoms with E-state index in [1.807, 2.05) is 32.0 Å². The first-order chi connectivity index (χ1) is 8.78. The zero-order chi connectivity index (χ0) is 14.0. The van der Waals surface area contributed by atoms with Crippen molar-refractivity contribution in [1.82, 2.24) is 0 Å². The van der Waals surface area contributed by atoms with Gasteiger partial charge in [-0.2, -0.15) is 5.26 Å². The smallest absolute Gasteiger partial charge is 0.138 e. The van der Waals surface area contributed by atoms with Crippen LogP contribution in [0.2, 0.25) is 0 Å². The zero-order valence-corrected chi connectivity index (χ0v) is 12.1. The molecule has 0 bridgehead atoms. The van der Waals surface area contributed by atoms with Gasteiger partial charge in [-0.05, 0) is 24.1 Å². The fourth-order valence-electron chi connectivity index (χ4n) is 1.50. The zero-order valence-electron chi connectivity index (χ0n) is 12.1. The molecule has 0 aliphatic heterocycles. The highest BCUT2D eigenvalue weighted by atomic mass is 16.3. The van der Waals surface area contributed by atoms with Gasteiger partial charge in [0.05, 0.1) is 17.9 Å². The van der Waals surface area contributed by atoms with Crippen LogP contribution in [0.1, 0.15) is 52.2 Å². The number of aryl methyl sites for hydroxylation is 1. The van der Waals surface area contributed by atoms with E-state index in [0.717, 1.165) is 23.0 Å². The number of nitriles is 1. The van der Waals surface area contributed by atoms with Gasteiger partial charge in [-0.15, -0.1) is 0 Å². The van der Waals surface area contributed by atoms with E-state index < -0.39 is 0 Å². The second-order valence-electron chi connectivity index (χ2n) is 3.61. The Balaban J connectivity index is 0.000000509. The van der Waals surface area contributed by atoms with Crippen molar-refractivity contribution < 1.29 is 4.42 Å². The number of hydrogen-bond donors (Lipinski definition) is 0. The molecule has 98 valence electrons. The van der Waals surface area contributed by atoms with E-state index in [4.69, 9.17) is 9.68 Å². The quantitative estimate of drug-likeness (QED) is 0.682. The minimum Gasteiger partial charge on any atom is -0.464 e. The second kappa shape index (κ2) is 9.30. The number of rotatable bonds is 1. The fraction of sp³-hybridized carbons (Fsp3) is 0.438. The van der Waals surface area contributed by atoms with Crippen molar-refractivity contribution >= 4 is 11.0 Å². The molecule has 2 rings (SSSR count). The molecule has 1 aromatic carbocycles. The second-order valence-corrected chi connectivity index (χ2v) is 3.61. The van der Waals surface area contributed by atoms with Gasteiger partial charge in [0.15, 0.2) is 0 Å². The van der Waals surface area contributed by atoms with Crippen LogP contribution < -0.4 is 0 Å². The maximum Gasteiger partial charge on any atom is 0.138 e. The summed E-state index contributed by atoms with van der Waals surface area (Å²) in [7, 11) is 0. The van der Waals surface area contributed by atoms with Gasteiger partial charge in [-0.25, -0.2) is 0 Å². The van der Waals surface area contributed by atoms with Crippen LogP contribution in [0.15, 0.2) is 28.9 Å². The molecular formula is C16H23NO. The van der Waals surface area contributed by atoms with Crippen molar-refractivity contribution in [2.75, 3.05) is 0 Å². The average molecular weight is 245 g/mol. The predicted molar refractivity (Wildman–Crippen MR) is 77.6 cm³/mol. The Bertz CT molecular complexity index is 491. The molecular weight excluding hydrogens is 222 g/mol. The molecule has 1 aromatic heterocycles.